The molecule has 2 aromatic carbocycles. The zero-order valence-corrected chi connectivity index (χ0v) is 21.1. The van der Waals surface area contributed by atoms with Crippen molar-refractivity contribution in [2.24, 2.45) is 0 Å². The predicted molar refractivity (Wildman–Crippen MR) is 133 cm³/mol. The van der Waals surface area contributed by atoms with Gasteiger partial charge in [-0.1, -0.05) is 12.1 Å². The van der Waals surface area contributed by atoms with Gasteiger partial charge in [-0.3, -0.25) is 9.89 Å². The third kappa shape index (κ3) is 6.08. The van der Waals surface area contributed by atoms with E-state index in [1.165, 1.54) is 0 Å². The SMILES string of the molecule is O=C(Cc1n[nH]c2c1CN(S(=O)(=O)c1cc(F)cc(F)c1)CC2)c1ccccc1NCC[C@@H](O)[C@@H](O)CO. The molecule has 1 aromatic heterocycles. The number of aliphatic hydroxyl groups excluding tert-OH is 3. The van der Waals surface area contributed by atoms with Gasteiger partial charge in [0.05, 0.1) is 29.7 Å². The maximum absolute atomic E-state index is 13.7. The van der Waals surface area contributed by atoms with Crippen molar-refractivity contribution >= 4 is 21.5 Å². The molecule has 38 heavy (non-hydrogen) atoms. The molecule has 0 radical (unpaired) electrons. The lowest BCUT2D eigenvalue weighted by Gasteiger charge is -2.26. The summed E-state index contributed by atoms with van der Waals surface area (Å²) in [6, 6.07) is 8.86. The number of halogens is 2. The predicted octanol–water partition coefficient (Wildman–Crippen LogP) is 1.38. The van der Waals surface area contributed by atoms with Crippen LogP contribution in [0, 0.1) is 11.6 Å². The molecule has 0 unspecified atom stereocenters. The molecule has 204 valence electrons. The number of para-hydroxylation sites is 1. The Morgan fingerprint density at radius 1 is 1.13 bits per heavy atom. The number of rotatable bonds is 11. The standard InChI is InChI=1S/C25H28F2N4O6S/c26-15-9-16(27)11-17(10-15)38(36,37)31-8-6-21-19(13-31)22(30-29-21)12-24(34)18-3-1-2-4-20(18)28-7-5-23(33)25(35)14-32/h1-4,9-11,23,25,28,32-33,35H,5-8,12-14H2,(H,29,30)/t23-,25+/m1/s1. The minimum Gasteiger partial charge on any atom is -0.394 e. The molecule has 0 spiro atoms. The zero-order chi connectivity index (χ0) is 27.4. The summed E-state index contributed by atoms with van der Waals surface area (Å²) >= 11 is 0. The third-order valence-electron chi connectivity index (χ3n) is 6.40. The maximum atomic E-state index is 13.7. The number of carbonyl (C=O) groups is 1. The van der Waals surface area contributed by atoms with Gasteiger partial charge >= 0.3 is 0 Å². The molecular formula is C25H28F2N4O6S. The molecule has 0 bridgehead atoms. The molecule has 10 nitrogen and oxygen atoms in total. The van der Waals surface area contributed by atoms with Crippen molar-refractivity contribution in [3.05, 3.63) is 76.6 Å². The Bertz CT molecular complexity index is 1390. The summed E-state index contributed by atoms with van der Waals surface area (Å²) in [4.78, 5) is 12.7. The molecule has 0 amide bonds. The minimum absolute atomic E-state index is 0.0760. The summed E-state index contributed by atoms with van der Waals surface area (Å²) in [6.07, 6.45) is -2.10. The lowest BCUT2D eigenvalue weighted by atomic mass is 10.00. The number of nitrogens with zero attached hydrogens (tertiary/aromatic N) is 2. The largest absolute Gasteiger partial charge is 0.394 e. The Morgan fingerprint density at radius 2 is 1.84 bits per heavy atom. The van der Waals surface area contributed by atoms with Crippen LogP contribution in [0.5, 0.6) is 0 Å². The molecule has 1 aliphatic rings. The molecule has 5 N–H and O–H groups in total. The first kappa shape index (κ1) is 27.8. The van der Waals surface area contributed by atoms with Gasteiger partial charge in [0.2, 0.25) is 10.0 Å². The average Bonchev–Trinajstić information content (AvgIpc) is 3.29. The number of benzene rings is 2. The Balaban J connectivity index is 1.48. The number of hydrogen-bond acceptors (Lipinski definition) is 8. The van der Waals surface area contributed by atoms with Gasteiger partial charge in [-0.25, -0.2) is 17.2 Å². The topological polar surface area (TPSA) is 156 Å². The molecule has 0 fully saturated rings. The number of aromatic nitrogens is 2. The molecule has 3 aromatic rings. The highest BCUT2D eigenvalue weighted by Gasteiger charge is 2.32. The number of Topliss-reactive ketones (excluding diaryl/α,β-unsaturated/α-hetero) is 1. The number of carbonyl (C=O) groups excluding carboxylic acids is 1. The number of H-pyrrole nitrogens is 1. The number of hydrogen-bond donors (Lipinski definition) is 5. The Hall–Kier alpha value is -3.23. The fourth-order valence-electron chi connectivity index (χ4n) is 4.30. The lowest BCUT2D eigenvalue weighted by Crippen LogP contribution is -2.36. The molecule has 2 atom stereocenters. The number of nitrogens with one attached hydrogen (secondary N) is 2. The number of aliphatic hydroxyl groups is 3. The van der Waals surface area contributed by atoms with Gasteiger partial charge in [-0.15, -0.1) is 0 Å². The zero-order valence-electron chi connectivity index (χ0n) is 20.3. The van der Waals surface area contributed by atoms with Gasteiger partial charge in [-0.05, 0) is 30.7 Å². The molecule has 2 heterocycles. The lowest BCUT2D eigenvalue weighted by molar-refractivity contribution is -0.0158. The summed E-state index contributed by atoms with van der Waals surface area (Å²) in [6.45, 7) is -0.373. The Kier molecular flexibility index (Phi) is 8.53. The average molecular weight is 551 g/mol. The van der Waals surface area contributed by atoms with E-state index < -0.39 is 45.4 Å². The van der Waals surface area contributed by atoms with Crippen LogP contribution in [-0.2, 0) is 29.4 Å². The Morgan fingerprint density at radius 3 is 2.55 bits per heavy atom. The minimum atomic E-state index is -4.19. The summed E-state index contributed by atoms with van der Waals surface area (Å²) in [7, 11) is -4.19. The van der Waals surface area contributed by atoms with Crippen molar-refractivity contribution in [1.82, 2.24) is 14.5 Å². The molecular weight excluding hydrogens is 522 g/mol. The molecule has 13 heteroatoms. The van der Waals surface area contributed by atoms with Crippen LogP contribution in [0.3, 0.4) is 0 Å². The monoisotopic (exact) mass is 550 g/mol. The smallest absolute Gasteiger partial charge is 0.243 e. The summed E-state index contributed by atoms with van der Waals surface area (Å²) in [5.41, 5.74) is 2.46. The summed E-state index contributed by atoms with van der Waals surface area (Å²) < 4.78 is 54.6. The van der Waals surface area contributed by atoms with E-state index in [1.807, 2.05) is 0 Å². The van der Waals surface area contributed by atoms with E-state index in [1.54, 1.807) is 24.3 Å². The van der Waals surface area contributed by atoms with E-state index in [9.17, 15) is 32.2 Å². The molecule has 0 saturated carbocycles. The van der Waals surface area contributed by atoms with Crippen LogP contribution in [0.4, 0.5) is 14.5 Å². The first-order valence-electron chi connectivity index (χ1n) is 11.9. The van der Waals surface area contributed by atoms with Gasteiger partial charge < -0.3 is 20.6 Å². The van der Waals surface area contributed by atoms with Crippen molar-refractivity contribution in [3.63, 3.8) is 0 Å². The fourth-order valence-corrected chi connectivity index (χ4v) is 5.76. The summed E-state index contributed by atoms with van der Waals surface area (Å²) in [5.74, 6) is -2.28. The molecule has 0 aliphatic carbocycles. The van der Waals surface area contributed by atoms with Crippen molar-refractivity contribution in [1.29, 1.82) is 0 Å². The van der Waals surface area contributed by atoms with Crippen LogP contribution in [-0.4, -0.2) is 75.9 Å². The van der Waals surface area contributed by atoms with Crippen molar-refractivity contribution in [3.8, 4) is 0 Å². The normalized spacial score (nSPS) is 15.6. The first-order chi connectivity index (χ1) is 18.1. The van der Waals surface area contributed by atoms with E-state index in [0.717, 1.165) is 16.4 Å². The van der Waals surface area contributed by atoms with Gasteiger partial charge in [0.25, 0.3) is 0 Å². The quantitative estimate of drug-likeness (QED) is 0.224. The Labute approximate surface area is 218 Å². The number of sulfonamides is 1. The van der Waals surface area contributed by atoms with Gasteiger partial charge in [0, 0.05) is 54.6 Å². The van der Waals surface area contributed by atoms with E-state index in [2.05, 4.69) is 15.5 Å². The summed E-state index contributed by atoms with van der Waals surface area (Å²) in [5, 5.41) is 38.4. The van der Waals surface area contributed by atoms with Crippen LogP contribution < -0.4 is 5.32 Å². The fraction of sp³-hybridized carbons (Fsp3) is 0.360. The van der Waals surface area contributed by atoms with Gasteiger partial charge in [-0.2, -0.15) is 9.40 Å². The van der Waals surface area contributed by atoms with Crippen LogP contribution in [0.1, 0.15) is 33.7 Å². The molecule has 4 rings (SSSR count). The third-order valence-corrected chi connectivity index (χ3v) is 8.22. The number of ketones is 1. The second-order valence-electron chi connectivity index (χ2n) is 9.00. The van der Waals surface area contributed by atoms with E-state index in [0.29, 0.717) is 34.3 Å². The first-order valence-corrected chi connectivity index (χ1v) is 13.4. The highest BCUT2D eigenvalue weighted by atomic mass is 32.2. The van der Waals surface area contributed by atoms with Gasteiger partial charge in [0.1, 0.15) is 17.7 Å². The number of fused-ring (bicyclic) bond motifs is 1. The number of aromatic amines is 1. The van der Waals surface area contributed by atoms with Crippen LogP contribution in [0.25, 0.3) is 0 Å². The van der Waals surface area contributed by atoms with Crippen molar-refractivity contribution in [2.75, 3.05) is 25.0 Å². The second kappa shape index (κ2) is 11.7. The maximum Gasteiger partial charge on any atom is 0.243 e. The molecule has 0 saturated heterocycles. The number of anilines is 1. The molecule has 1 aliphatic heterocycles. The van der Waals surface area contributed by atoms with E-state index in [-0.39, 0.29) is 44.7 Å². The van der Waals surface area contributed by atoms with Crippen molar-refractivity contribution in [2.45, 2.75) is 42.9 Å². The van der Waals surface area contributed by atoms with Crippen LogP contribution in [0.15, 0.2) is 47.4 Å². The van der Waals surface area contributed by atoms with E-state index in [4.69, 9.17) is 5.11 Å². The van der Waals surface area contributed by atoms with Gasteiger partial charge in [0.15, 0.2) is 5.78 Å². The van der Waals surface area contributed by atoms with Crippen molar-refractivity contribution < 1.29 is 37.3 Å². The van der Waals surface area contributed by atoms with E-state index >= 15 is 0 Å². The van der Waals surface area contributed by atoms with Crippen LogP contribution in [0.2, 0.25) is 0 Å². The second-order valence-corrected chi connectivity index (χ2v) is 10.9. The highest BCUT2D eigenvalue weighted by molar-refractivity contribution is 7.89. The van der Waals surface area contributed by atoms with Crippen LogP contribution >= 0.6 is 0 Å². The highest BCUT2D eigenvalue weighted by Crippen LogP contribution is 2.28.